The highest BCUT2D eigenvalue weighted by Crippen LogP contribution is 2.57. The monoisotopic (exact) mass is 244 g/mol. The lowest BCUT2D eigenvalue weighted by molar-refractivity contribution is -0.0254. The molecule has 5 rings (SSSR count). The van der Waals surface area contributed by atoms with Gasteiger partial charge in [-0.25, -0.2) is 0 Å². The van der Waals surface area contributed by atoms with Crippen LogP contribution < -0.4 is 0 Å². The van der Waals surface area contributed by atoms with Crippen molar-refractivity contribution in [1.82, 2.24) is 9.78 Å². The van der Waals surface area contributed by atoms with E-state index < -0.39 is 0 Å². The molecule has 4 aliphatic rings. The highest BCUT2D eigenvalue weighted by Gasteiger charge is 2.51. The number of aryl methyl sites for hydroxylation is 1. The molecule has 0 unspecified atom stereocenters. The third kappa shape index (κ3) is 1.42. The summed E-state index contributed by atoms with van der Waals surface area (Å²) in [6.45, 7) is 0. The summed E-state index contributed by atoms with van der Waals surface area (Å²) in [5, 5.41) is 4.15. The van der Waals surface area contributed by atoms with E-state index in [1.807, 2.05) is 13.1 Å². The van der Waals surface area contributed by atoms with Crippen LogP contribution in [0, 0.1) is 29.6 Å². The van der Waals surface area contributed by atoms with Gasteiger partial charge in [0, 0.05) is 19.2 Å². The van der Waals surface area contributed by atoms with Crippen molar-refractivity contribution < 1.29 is 4.79 Å². The maximum atomic E-state index is 12.8. The van der Waals surface area contributed by atoms with E-state index >= 15 is 0 Å². The van der Waals surface area contributed by atoms with Crippen LogP contribution in [0.4, 0.5) is 0 Å². The lowest BCUT2D eigenvalue weighted by Crippen LogP contribution is -2.48. The van der Waals surface area contributed by atoms with E-state index in [1.54, 1.807) is 10.9 Å². The normalized spacial score (nSPS) is 41.3. The Morgan fingerprint density at radius 2 is 1.78 bits per heavy atom. The summed E-state index contributed by atoms with van der Waals surface area (Å²) < 4.78 is 1.74. The van der Waals surface area contributed by atoms with Gasteiger partial charge in [-0.3, -0.25) is 9.48 Å². The summed E-state index contributed by atoms with van der Waals surface area (Å²) in [4.78, 5) is 12.8. The van der Waals surface area contributed by atoms with Crippen molar-refractivity contribution in [3.63, 3.8) is 0 Å². The predicted molar refractivity (Wildman–Crippen MR) is 68.1 cm³/mol. The molecule has 0 radical (unpaired) electrons. The molecule has 4 fully saturated rings. The molecule has 4 aliphatic carbocycles. The zero-order valence-electron chi connectivity index (χ0n) is 10.9. The number of ketones is 1. The van der Waals surface area contributed by atoms with Gasteiger partial charge in [-0.05, 0) is 61.8 Å². The van der Waals surface area contributed by atoms with E-state index in [-0.39, 0.29) is 0 Å². The van der Waals surface area contributed by atoms with Gasteiger partial charge in [-0.2, -0.15) is 5.10 Å². The number of nitrogens with zero attached hydrogens (tertiary/aromatic N) is 2. The van der Waals surface area contributed by atoms with Gasteiger partial charge < -0.3 is 0 Å². The number of rotatable bonds is 2. The first kappa shape index (κ1) is 10.8. The molecule has 0 atom stereocenters. The Kier molecular flexibility index (Phi) is 2.21. The quantitative estimate of drug-likeness (QED) is 0.750. The van der Waals surface area contributed by atoms with E-state index in [9.17, 15) is 4.79 Å². The van der Waals surface area contributed by atoms with Crippen molar-refractivity contribution in [2.24, 2.45) is 36.6 Å². The van der Waals surface area contributed by atoms with Crippen LogP contribution in [0.3, 0.4) is 0 Å². The molecule has 0 aromatic carbocycles. The standard InChI is InChI=1S/C15H20N2O/c1-17-13(2-3-16-17)15(18)14-11-5-9-4-10(7-11)8-12(14)6-9/h2-3,9-12,14H,4-8H2,1H3. The second-order valence-electron chi connectivity index (χ2n) is 6.66. The largest absolute Gasteiger partial charge is 0.292 e. The summed E-state index contributed by atoms with van der Waals surface area (Å²) in [5.74, 6) is 3.87. The van der Waals surface area contributed by atoms with Gasteiger partial charge in [0.05, 0.1) is 0 Å². The van der Waals surface area contributed by atoms with Crippen LogP contribution in [0.2, 0.25) is 0 Å². The maximum Gasteiger partial charge on any atom is 0.184 e. The Balaban J connectivity index is 1.65. The van der Waals surface area contributed by atoms with Gasteiger partial charge in [0.15, 0.2) is 5.78 Å². The summed E-state index contributed by atoms with van der Waals surface area (Å²) in [6.07, 6.45) is 8.41. The number of aromatic nitrogens is 2. The third-order valence-electron chi connectivity index (χ3n) is 5.60. The molecule has 1 aromatic heterocycles. The Bertz CT molecular complexity index is 462. The van der Waals surface area contributed by atoms with Gasteiger partial charge in [0.25, 0.3) is 0 Å². The van der Waals surface area contributed by atoms with Crippen molar-refractivity contribution in [3.05, 3.63) is 18.0 Å². The van der Waals surface area contributed by atoms with Crippen molar-refractivity contribution in [3.8, 4) is 0 Å². The smallest absolute Gasteiger partial charge is 0.184 e. The van der Waals surface area contributed by atoms with Crippen LogP contribution in [0.1, 0.15) is 42.6 Å². The molecule has 0 N–H and O–H groups in total. The molecule has 18 heavy (non-hydrogen) atoms. The molecular weight excluding hydrogens is 224 g/mol. The van der Waals surface area contributed by atoms with Gasteiger partial charge >= 0.3 is 0 Å². The first-order valence-electron chi connectivity index (χ1n) is 7.24. The zero-order chi connectivity index (χ0) is 12.3. The van der Waals surface area contributed by atoms with Crippen LogP contribution in [0.15, 0.2) is 12.3 Å². The SMILES string of the molecule is Cn1nccc1C(=O)C1C2CC3CC(C2)CC1C3. The number of carbonyl (C=O) groups is 1. The molecule has 0 spiro atoms. The molecule has 0 saturated heterocycles. The molecule has 3 nitrogen and oxygen atoms in total. The summed E-state index contributed by atoms with van der Waals surface area (Å²) in [7, 11) is 1.88. The minimum atomic E-state index is 0.299. The molecule has 3 heteroatoms. The second kappa shape index (κ2) is 3.69. The minimum absolute atomic E-state index is 0.299. The molecule has 4 saturated carbocycles. The average Bonchev–Trinajstić information content (AvgIpc) is 2.73. The van der Waals surface area contributed by atoms with E-state index in [2.05, 4.69) is 5.10 Å². The predicted octanol–water partition coefficient (Wildman–Crippen LogP) is 2.68. The topological polar surface area (TPSA) is 34.9 Å². The van der Waals surface area contributed by atoms with Crippen LogP contribution in [-0.4, -0.2) is 15.6 Å². The Morgan fingerprint density at radius 3 is 2.28 bits per heavy atom. The van der Waals surface area contributed by atoms with Gasteiger partial charge in [-0.15, -0.1) is 0 Å². The summed E-state index contributed by atoms with van der Waals surface area (Å²) >= 11 is 0. The minimum Gasteiger partial charge on any atom is -0.292 e. The average molecular weight is 244 g/mol. The molecule has 96 valence electrons. The van der Waals surface area contributed by atoms with Crippen molar-refractivity contribution in [1.29, 1.82) is 0 Å². The number of carbonyl (C=O) groups excluding carboxylic acids is 1. The van der Waals surface area contributed by atoms with Gasteiger partial charge in [0.2, 0.25) is 0 Å². The fraction of sp³-hybridized carbons (Fsp3) is 0.733. The van der Waals surface area contributed by atoms with Crippen LogP contribution in [-0.2, 0) is 7.05 Å². The number of hydrogen-bond donors (Lipinski definition) is 0. The van der Waals surface area contributed by atoms with Crippen LogP contribution in [0.25, 0.3) is 0 Å². The molecule has 1 heterocycles. The van der Waals surface area contributed by atoms with Crippen molar-refractivity contribution >= 4 is 5.78 Å². The zero-order valence-corrected chi connectivity index (χ0v) is 10.9. The first-order chi connectivity index (χ1) is 8.72. The van der Waals surface area contributed by atoms with Gasteiger partial charge in [-0.1, -0.05) is 0 Å². The van der Waals surface area contributed by atoms with Gasteiger partial charge in [0.1, 0.15) is 5.69 Å². The first-order valence-corrected chi connectivity index (χ1v) is 7.24. The van der Waals surface area contributed by atoms with E-state index in [0.29, 0.717) is 23.5 Å². The summed E-state index contributed by atoms with van der Waals surface area (Å²) in [6, 6.07) is 1.88. The third-order valence-corrected chi connectivity index (χ3v) is 5.60. The van der Waals surface area contributed by atoms with Crippen molar-refractivity contribution in [2.45, 2.75) is 32.1 Å². The highest BCUT2D eigenvalue weighted by atomic mass is 16.1. The number of hydrogen-bond acceptors (Lipinski definition) is 2. The number of Topliss-reactive ketones (excluding diaryl/α,β-unsaturated/α-hetero) is 1. The molecule has 1 aromatic rings. The fourth-order valence-electron chi connectivity index (χ4n) is 5.14. The summed E-state index contributed by atoms with van der Waals surface area (Å²) in [5.41, 5.74) is 0.812. The van der Waals surface area contributed by atoms with Crippen molar-refractivity contribution in [2.75, 3.05) is 0 Å². The lowest BCUT2D eigenvalue weighted by atomic mass is 9.51. The fourth-order valence-corrected chi connectivity index (χ4v) is 5.14. The van der Waals surface area contributed by atoms with E-state index in [1.165, 1.54) is 32.1 Å². The lowest BCUT2D eigenvalue weighted by Gasteiger charge is -2.53. The Hall–Kier alpha value is -1.12. The van der Waals surface area contributed by atoms with E-state index in [4.69, 9.17) is 0 Å². The highest BCUT2D eigenvalue weighted by molar-refractivity contribution is 5.96. The Labute approximate surface area is 108 Å². The van der Waals surface area contributed by atoms with E-state index in [0.717, 1.165) is 17.5 Å². The maximum absolute atomic E-state index is 12.8. The second-order valence-corrected chi connectivity index (χ2v) is 6.66. The Morgan fingerprint density at radius 1 is 1.17 bits per heavy atom. The van der Waals surface area contributed by atoms with Crippen LogP contribution >= 0.6 is 0 Å². The molecule has 0 amide bonds. The molecule has 0 aliphatic heterocycles. The molecule has 4 bridgehead atoms. The molecular formula is C15H20N2O. The van der Waals surface area contributed by atoms with Crippen LogP contribution in [0.5, 0.6) is 0 Å².